The molecule has 4 atom stereocenters. The molecule has 4 heterocycles. The van der Waals surface area contributed by atoms with Crippen LogP contribution in [0.15, 0.2) is 41.4 Å². The van der Waals surface area contributed by atoms with Gasteiger partial charge in [-0.15, -0.1) is 0 Å². The molecule has 2 aromatic rings. The molecule has 43 heavy (non-hydrogen) atoms. The number of aliphatic imine (C=N–C) groups is 1. The number of nitrogens with one attached hydrogen (secondary N) is 4. The summed E-state index contributed by atoms with van der Waals surface area (Å²) in [7, 11) is 0. The third-order valence-electron chi connectivity index (χ3n) is 8.92. The van der Waals surface area contributed by atoms with Crippen molar-refractivity contribution in [1.29, 1.82) is 0 Å². The molecule has 4 aliphatic rings. The average molecular weight is 596 g/mol. The fourth-order valence-corrected chi connectivity index (χ4v) is 6.68. The Morgan fingerprint density at radius 2 is 1.98 bits per heavy atom. The van der Waals surface area contributed by atoms with Crippen LogP contribution in [-0.2, 0) is 5.41 Å². The van der Waals surface area contributed by atoms with Crippen LogP contribution in [0.1, 0.15) is 52.1 Å². The fourth-order valence-electron chi connectivity index (χ4n) is 6.68. The molecule has 0 radical (unpaired) electrons. The first-order valence-electron chi connectivity index (χ1n) is 14.1. The molecule has 0 bridgehead atoms. The van der Waals surface area contributed by atoms with Crippen molar-refractivity contribution in [3.8, 4) is 5.75 Å². The highest BCUT2D eigenvalue weighted by Gasteiger charge is 2.75. The Kier molecular flexibility index (Phi) is 6.54. The largest absolute Gasteiger partial charge is 0.492 e. The molecule has 0 aliphatic carbocycles. The number of rotatable bonds is 5. The maximum Gasteiger partial charge on any atom is 0.346 e. The van der Waals surface area contributed by atoms with Gasteiger partial charge in [-0.05, 0) is 48.6 Å². The average Bonchev–Trinajstić information content (AvgIpc) is 3.40. The molecule has 0 saturated carbocycles. The van der Waals surface area contributed by atoms with Crippen LogP contribution in [0, 0.1) is 12.7 Å². The zero-order valence-corrected chi connectivity index (χ0v) is 24.1. The van der Waals surface area contributed by atoms with E-state index in [9.17, 15) is 24.2 Å². The van der Waals surface area contributed by atoms with Crippen LogP contribution >= 0.6 is 0 Å². The Balaban J connectivity index is 1.26. The van der Waals surface area contributed by atoms with Crippen LogP contribution in [-0.4, -0.2) is 87.8 Å². The van der Waals surface area contributed by atoms with Crippen molar-refractivity contribution in [2.45, 2.75) is 62.2 Å². The lowest BCUT2D eigenvalue weighted by atomic mass is 9.79. The molecular weight excluding hydrogens is 559 g/mol. The maximum atomic E-state index is 13.9. The van der Waals surface area contributed by atoms with E-state index >= 15 is 0 Å². The first kappa shape index (κ1) is 28.7. The number of aryl methyl sites for hydroxylation is 1. The second-order valence-corrected chi connectivity index (χ2v) is 12.2. The van der Waals surface area contributed by atoms with Gasteiger partial charge in [0.2, 0.25) is 11.4 Å². The number of aliphatic hydroxyl groups is 2. The van der Waals surface area contributed by atoms with E-state index < -0.39 is 47.2 Å². The lowest BCUT2D eigenvalue weighted by Gasteiger charge is -2.43. The zero-order chi connectivity index (χ0) is 30.9. The summed E-state index contributed by atoms with van der Waals surface area (Å²) >= 11 is 0. The van der Waals surface area contributed by atoms with Gasteiger partial charge in [0.05, 0.1) is 25.3 Å². The summed E-state index contributed by atoms with van der Waals surface area (Å²) < 4.78 is 21.3. The lowest BCUT2D eigenvalue weighted by Crippen LogP contribution is -2.79. The normalized spacial score (nSPS) is 27.9. The molecule has 1 fully saturated rings. The van der Waals surface area contributed by atoms with E-state index in [1.807, 2.05) is 6.07 Å². The molecule has 2 amide bonds. The summed E-state index contributed by atoms with van der Waals surface area (Å²) in [6, 6.07) is 6.34. The van der Waals surface area contributed by atoms with Crippen molar-refractivity contribution >= 4 is 23.7 Å². The predicted octanol–water partition coefficient (Wildman–Crippen LogP) is -1.30. The number of para-hydroxylation sites is 1. The molecule has 0 aromatic heterocycles. The van der Waals surface area contributed by atoms with Gasteiger partial charge >= 0.3 is 5.96 Å². The number of hydrogen-bond acceptors (Lipinski definition) is 10. The summed E-state index contributed by atoms with van der Waals surface area (Å²) in [5.41, 5.74) is 12.4. The van der Waals surface area contributed by atoms with Crippen LogP contribution in [0.5, 0.6) is 5.75 Å². The van der Waals surface area contributed by atoms with Gasteiger partial charge in [0, 0.05) is 11.1 Å². The Bertz CT molecular complexity index is 1570. The summed E-state index contributed by atoms with van der Waals surface area (Å²) in [5, 5.41) is 35.0. The highest BCUT2D eigenvalue weighted by Crippen LogP contribution is 2.43. The number of ether oxygens (including phenoxy) is 1. The van der Waals surface area contributed by atoms with Gasteiger partial charge in [0.1, 0.15) is 29.7 Å². The number of guanidine groups is 2. The van der Waals surface area contributed by atoms with Crippen molar-refractivity contribution < 1.29 is 33.5 Å². The summed E-state index contributed by atoms with van der Waals surface area (Å²) in [4.78, 5) is 30.9. The Hall–Kier alpha value is -4.43. The van der Waals surface area contributed by atoms with Gasteiger partial charge in [0.15, 0.2) is 5.96 Å². The quantitative estimate of drug-likeness (QED) is 0.153. The van der Waals surface area contributed by atoms with Crippen molar-refractivity contribution in [2.24, 2.45) is 16.5 Å². The van der Waals surface area contributed by atoms with Crippen molar-refractivity contribution in [2.75, 3.05) is 19.7 Å². The number of nitrogens with two attached hydrogens (primary N) is 2. The summed E-state index contributed by atoms with van der Waals surface area (Å²) in [6.07, 6.45) is 0.793. The minimum atomic E-state index is -2.64. The number of fused-ring (bicyclic) bond motifs is 1. The maximum absolute atomic E-state index is 13.9. The Morgan fingerprint density at radius 1 is 1.21 bits per heavy atom. The lowest BCUT2D eigenvalue weighted by molar-refractivity contribution is -0.623. The molecule has 228 valence electrons. The molecule has 1 unspecified atom stereocenters. The smallest absolute Gasteiger partial charge is 0.346 e. The van der Waals surface area contributed by atoms with Crippen LogP contribution in [0.3, 0.4) is 0 Å². The minimum Gasteiger partial charge on any atom is -0.492 e. The summed E-state index contributed by atoms with van der Waals surface area (Å²) in [5.74, 6) is -3.81. The predicted molar refractivity (Wildman–Crippen MR) is 154 cm³/mol. The second-order valence-electron chi connectivity index (χ2n) is 12.2. The van der Waals surface area contributed by atoms with Crippen molar-refractivity contribution in [1.82, 2.24) is 21.3 Å². The van der Waals surface area contributed by atoms with Crippen LogP contribution < -0.4 is 37.5 Å². The molecule has 14 heteroatoms. The van der Waals surface area contributed by atoms with E-state index in [1.165, 1.54) is 10.6 Å². The van der Waals surface area contributed by atoms with E-state index in [0.29, 0.717) is 17.9 Å². The van der Waals surface area contributed by atoms with E-state index in [4.69, 9.17) is 16.2 Å². The van der Waals surface area contributed by atoms with E-state index in [0.717, 1.165) is 18.1 Å². The number of amides is 2. The highest BCUT2D eigenvalue weighted by molar-refractivity contribution is 5.98. The molecule has 10 N–H and O–H groups in total. The third kappa shape index (κ3) is 4.43. The van der Waals surface area contributed by atoms with E-state index in [1.54, 1.807) is 25.1 Å². The summed E-state index contributed by atoms with van der Waals surface area (Å²) in [6.45, 7) is 6.12. The standard InChI is InChI=1S/C29H35FN8O5/c1-14-9-15(11-16(30)10-14)23(39)33-12-19-22-28(37-25(31)36-22)29(41,42)20(13-38(28)26(32)34-19)35-24(40)17-5-4-6-18-21(17)43-8-7-27(18,2)3/h4-6,9-11,19-20,22,41-42H,7-8,12-13H2,1-3H3,(H7,31,32,33,34,35,36,37,39,40)/p+1/t19-,20?,22-,28-/m0/s1. The van der Waals surface area contributed by atoms with Gasteiger partial charge in [-0.2, -0.15) is 0 Å². The minimum absolute atomic E-state index is 0.0564. The molecule has 13 nitrogen and oxygen atoms in total. The SMILES string of the molecule is Cc1cc(F)cc(C(=O)NC[C@@H]2NC(N)=[N+]3CC(NC(=O)c4cccc5c4OCCC5(C)C)C(O)(O)[C@@]34NC(N)=N[C@@H]24)c1. The fraction of sp³-hybridized carbons (Fsp3) is 0.448. The van der Waals surface area contributed by atoms with Crippen LogP contribution in [0.4, 0.5) is 4.39 Å². The van der Waals surface area contributed by atoms with Crippen LogP contribution in [0.2, 0.25) is 0 Å². The first-order valence-corrected chi connectivity index (χ1v) is 14.1. The van der Waals surface area contributed by atoms with Gasteiger partial charge in [-0.1, -0.05) is 26.0 Å². The van der Waals surface area contributed by atoms with Crippen molar-refractivity contribution in [3.05, 3.63) is 64.5 Å². The van der Waals surface area contributed by atoms with E-state index in [-0.39, 0.29) is 41.6 Å². The van der Waals surface area contributed by atoms with Gasteiger partial charge < -0.3 is 36.6 Å². The number of nitrogens with zero attached hydrogens (tertiary/aromatic N) is 2. The van der Waals surface area contributed by atoms with Gasteiger partial charge in [-0.3, -0.25) is 20.6 Å². The molecular formula is C29H36FN8O5+. The Labute approximate surface area is 247 Å². The number of carbonyl (C=O) groups is 2. The number of halogens is 1. The second kappa shape index (κ2) is 9.81. The zero-order valence-electron chi connectivity index (χ0n) is 24.1. The van der Waals surface area contributed by atoms with Gasteiger partial charge in [0.25, 0.3) is 11.8 Å². The molecule has 1 saturated heterocycles. The van der Waals surface area contributed by atoms with Crippen molar-refractivity contribution in [3.63, 3.8) is 0 Å². The number of hydrogen-bond donors (Lipinski definition) is 8. The molecule has 4 aliphatic heterocycles. The third-order valence-corrected chi connectivity index (χ3v) is 8.92. The van der Waals surface area contributed by atoms with E-state index in [2.05, 4.69) is 40.1 Å². The molecule has 2 aromatic carbocycles. The number of benzene rings is 2. The highest BCUT2D eigenvalue weighted by atomic mass is 19.1. The molecule has 1 spiro atoms. The number of carbonyl (C=O) groups excluding carboxylic acids is 2. The topological polar surface area (TPSA) is 199 Å². The monoisotopic (exact) mass is 595 g/mol. The Morgan fingerprint density at radius 3 is 2.72 bits per heavy atom. The van der Waals surface area contributed by atoms with Crippen LogP contribution in [0.25, 0.3) is 0 Å². The molecule has 6 rings (SSSR count). The first-order chi connectivity index (χ1) is 20.2. The van der Waals surface area contributed by atoms with Gasteiger partial charge in [-0.25, -0.2) is 14.0 Å².